The molecular formula is C13H12N6OS. The molecule has 21 heavy (non-hydrogen) atoms. The number of nitrogens with one attached hydrogen (secondary N) is 1. The van der Waals surface area contributed by atoms with Crippen LogP contribution in [0, 0.1) is 6.92 Å². The molecule has 106 valence electrons. The van der Waals surface area contributed by atoms with Gasteiger partial charge in [0.2, 0.25) is 0 Å². The molecule has 0 saturated heterocycles. The van der Waals surface area contributed by atoms with Crippen LogP contribution in [0.5, 0.6) is 0 Å². The maximum atomic E-state index is 12.2. The van der Waals surface area contributed by atoms with Crippen LogP contribution in [0.4, 0.5) is 5.00 Å². The van der Waals surface area contributed by atoms with E-state index in [4.69, 9.17) is 0 Å². The number of rotatable bonds is 3. The Kier molecular flexibility index (Phi) is 2.71. The van der Waals surface area contributed by atoms with Crippen LogP contribution in [0.15, 0.2) is 18.3 Å². The summed E-state index contributed by atoms with van der Waals surface area (Å²) >= 11 is 1.43. The van der Waals surface area contributed by atoms with Crippen molar-refractivity contribution < 1.29 is 4.79 Å². The first-order valence-corrected chi connectivity index (χ1v) is 7.48. The zero-order valence-electron chi connectivity index (χ0n) is 11.3. The first kappa shape index (κ1) is 12.4. The van der Waals surface area contributed by atoms with Gasteiger partial charge < -0.3 is 5.32 Å². The summed E-state index contributed by atoms with van der Waals surface area (Å²) in [6.45, 7) is 1.89. The van der Waals surface area contributed by atoms with Crippen LogP contribution >= 0.6 is 11.3 Å². The Morgan fingerprint density at radius 1 is 1.38 bits per heavy atom. The third-order valence-electron chi connectivity index (χ3n) is 3.32. The van der Waals surface area contributed by atoms with Gasteiger partial charge in [-0.3, -0.25) is 4.79 Å². The van der Waals surface area contributed by atoms with Crippen LogP contribution in [0.2, 0.25) is 0 Å². The molecule has 3 aromatic heterocycles. The van der Waals surface area contributed by atoms with Gasteiger partial charge in [0.15, 0.2) is 11.5 Å². The lowest BCUT2D eigenvalue weighted by atomic mass is 10.3. The highest BCUT2D eigenvalue weighted by Crippen LogP contribution is 2.38. The molecule has 3 heterocycles. The average molecular weight is 300 g/mol. The van der Waals surface area contributed by atoms with Crippen LogP contribution in [0.25, 0.3) is 5.65 Å². The number of fused-ring (bicyclic) bond motifs is 1. The standard InChI is InChI=1S/C13H12N6OS/c1-7-14-6-11(21-7)15-13(20)9-4-5-10-16-17-12(8-2-3-8)19(10)18-9/h4-6,8H,2-3H2,1H3,(H,15,20). The summed E-state index contributed by atoms with van der Waals surface area (Å²) in [5.74, 6) is 1.01. The summed E-state index contributed by atoms with van der Waals surface area (Å²) in [6.07, 6.45) is 3.86. The number of aromatic nitrogens is 5. The van der Waals surface area contributed by atoms with Crippen LogP contribution in [0.3, 0.4) is 0 Å². The van der Waals surface area contributed by atoms with E-state index in [0.29, 0.717) is 22.3 Å². The maximum Gasteiger partial charge on any atom is 0.276 e. The SMILES string of the molecule is Cc1ncc(NC(=O)c2ccc3nnc(C4CC4)n3n2)s1. The molecule has 0 aliphatic heterocycles. The van der Waals surface area contributed by atoms with Crippen molar-refractivity contribution in [2.24, 2.45) is 0 Å². The number of hydrogen-bond acceptors (Lipinski definition) is 6. The molecule has 3 aromatic rings. The smallest absolute Gasteiger partial charge is 0.276 e. The second kappa shape index (κ2) is 4.59. The topological polar surface area (TPSA) is 85.1 Å². The largest absolute Gasteiger partial charge is 0.311 e. The highest BCUT2D eigenvalue weighted by Gasteiger charge is 2.29. The average Bonchev–Trinajstić information content (AvgIpc) is 3.11. The number of amides is 1. The first-order valence-electron chi connectivity index (χ1n) is 6.67. The second-order valence-electron chi connectivity index (χ2n) is 5.02. The fraction of sp³-hybridized carbons (Fsp3) is 0.308. The van der Waals surface area contributed by atoms with Crippen molar-refractivity contribution in [2.45, 2.75) is 25.7 Å². The third kappa shape index (κ3) is 2.27. The van der Waals surface area contributed by atoms with E-state index in [1.807, 2.05) is 6.92 Å². The predicted octanol–water partition coefficient (Wildman–Crippen LogP) is 2.02. The molecule has 0 atom stereocenters. The molecule has 8 heteroatoms. The number of nitrogens with zero attached hydrogens (tertiary/aromatic N) is 5. The van der Waals surface area contributed by atoms with E-state index < -0.39 is 0 Å². The van der Waals surface area contributed by atoms with Gasteiger partial charge in [0.1, 0.15) is 10.7 Å². The van der Waals surface area contributed by atoms with Gasteiger partial charge in [0, 0.05) is 5.92 Å². The van der Waals surface area contributed by atoms with E-state index in [0.717, 1.165) is 23.7 Å². The van der Waals surface area contributed by atoms with Crippen LogP contribution in [0.1, 0.15) is 40.1 Å². The van der Waals surface area contributed by atoms with E-state index in [-0.39, 0.29) is 5.91 Å². The molecule has 1 aliphatic carbocycles. The fourth-order valence-electron chi connectivity index (χ4n) is 2.12. The number of hydrogen-bond donors (Lipinski definition) is 1. The van der Waals surface area contributed by atoms with Gasteiger partial charge in [-0.25, -0.2) is 4.98 Å². The summed E-state index contributed by atoms with van der Waals surface area (Å²) in [6, 6.07) is 3.42. The van der Waals surface area contributed by atoms with Crippen LogP contribution in [-0.4, -0.2) is 30.7 Å². The highest BCUT2D eigenvalue weighted by molar-refractivity contribution is 7.15. The van der Waals surface area contributed by atoms with Gasteiger partial charge in [-0.1, -0.05) is 0 Å². The molecule has 1 saturated carbocycles. The van der Waals surface area contributed by atoms with E-state index in [2.05, 4.69) is 25.6 Å². The summed E-state index contributed by atoms with van der Waals surface area (Å²) < 4.78 is 1.67. The number of aryl methyl sites for hydroxylation is 1. The zero-order valence-corrected chi connectivity index (χ0v) is 12.1. The lowest BCUT2D eigenvalue weighted by molar-refractivity contribution is 0.102. The van der Waals surface area contributed by atoms with Gasteiger partial charge in [-0.15, -0.1) is 21.5 Å². The summed E-state index contributed by atoms with van der Waals surface area (Å²) in [4.78, 5) is 16.3. The molecule has 0 spiro atoms. The molecule has 1 N–H and O–H groups in total. The molecule has 1 fully saturated rings. The fourth-order valence-corrected chi connectivity index (χ4v) is 2.79. The molecule has 1 amide bonds. The van der Waals surface area contributed by atoms with Gasteiger partial charge in [0.25, 0.3) is 5.91 Å². The maximum absolute atomic E-state index is 12.2. The Morgan fingerprint density at radius 3 is 2.95 bits per heavy atom. The Bertz CT molecular complexity index is 834. The second-order valence-corrected chi connectivity index (χ2v) is 6.25. The van der Waals surface area contributed by atoms with Gasteiger partial charge in [-0.05, 0) is 31.9 Å². The van der Waals surface area contributed by atoms with Gasteiger partial charge in [0.05, 0.1) is 11.2 Å². The monoisotopic (exact) mass is 300 g/mol. The Labute approximate surface area is 124 Å². The molecular weight excluding hydrogens is 288 g/mol. The van der Waals surface area contributed by atoms with Gasteiger partial charge >= 0.3 is 0 Å². The Morgan fingerprint density at radius 2 is 2.24 bits per heavy atom. The van der Waals surface area contributed by atoms with Crippen molar-refractivity contribution in [3.63, 3.8) is 0 Å². The Balaban J connectivity index is 1.66. The van der Waals surface area contributed by atoms with E-state index >= 15 is 0 Å². The summed E-state index contributed by atoms with van der Waals surface area (Å²) in [7, 11) is 0. The normalized spacial score (nSPS) is 14.5. The third-order valence-corrected chi connectivity index (χ3v) is 4.15. The Hall–Kier alpha value is -2.35. The minimum absolute atomic E-state index is 0.254. The van der Waals surface area contributed by atoms with Crippen molar-refractivity contribution in [1.82, 2.24) is 24.8 Å². The van der Waals surface area contributed by atoms with Crippen LogP contribution < -0.4 is 5.32 Å². The summed E-state index contributed by atoms with van der Waals surface area (Å²) in [5, 5.41) is 17.0. The minimum Gasteiger partial charge on any atom is -0.311 e. The molecule has 1 aliphatic rings. The quantitative estimate of drug-likeness (QED) is 0.800. The zero-order chi connectivity index (χ0) is 14.4. The molecule has 0 aromatic carbocycles. The van der Waals surface area contributed by atoms with E-state index in [1.54, 1.807) is 22.8 Å². The lowest BCUT2D eigenvalue weighted by Crippen LogP contribution is -2.15. The lowest BCUT2D eigenvalue weighted by Gasteiger charge is -2.02. The van der Waals surface area contributed by atoms with Crippen molar-refractivity contribution in [2.75, 3.05) is 5.32 Å². The number of anilines is 1. The molecule has 0 bridgehead atoms. The highest BCUT2D eigenvalue weighted by atomic mass is 32.1. The van der Waals surface area contributed by atoms with Crippen LogP contribution in [-0.2, 0) is 0 Å². The summed E-state index contributed by atoms with van der Waals surface area (Å²) in [5.41, 5.74) is 1.01. The van der Waals surface area contributed by atoms with Crippen molar-refractivity contribution in [3.05, 3.63) is 34.9 Å². The number of carbonyl (C=O) groups is 1. The minimum atomic E-state index is -0.254. The van der Waals surface area contributed by atoms with Crippen molar-refractivity contribution >= 4 is 27.9 Å². The van der Waals surface area contributed by atoms with E-state index in [1.165, 1.54) is 11.3 Å². The molecule has 4 rings (SSSR count). The molecule has 7 nitrogen and oxygen atoms in total. The predicted molar refractivity (Wildman–Crippen MR) is 77.6 cm³/mol. The molecule has 0 radical (unpaired) electrons. The van der Waals surface area contributed by atoms with Gasteiger partial charge in [-0.2, -0.15) is 9.61 Å². The van der Waals surface area contributed by atoms with Crippen molar-refractivity contribution in [3.8, 4) is 0 Å². The number of carbonyl (C=O) groups excluding carboxylic acids is 1. The van der Waals surface area contributed by atoms with Crippen molar-refractivity contribution in [1.29, 1.82) is 0 Å². The van der Waals surface area contributed by atoms with E-state index in [9.17, 15) is 4.79 Å². The number of thiazole rings is 1. The molecule has 0 unspecified atom stereocenters. The first-order chi connectivity index (χ1) is 10.2.